The molecule has 10 heteroatoms. The van der Waals surface area contributed by atoms with E-state index in [1.54, 1.807) is 19.1 Å². The van der Waals surface area contributed by atoms with Crippen molar-refractivity contribution >= 4 is 23.3 Å². The van der Waals surface area contributed by atoms with Gasteiger partial charge in [-0.1, -0.05) is 23.7 Å². The van der Waals surface area contributed by atoms with E-state index in [2.05, 4.69) is 5.10 Å². The molecule has 0 aliphatic heterocycles. The molecule has 0 radical (unpaired) electrons. The Balaban J connectivity index is 1.88. The molecule has 150 valence electrons. The second-order valence-electron chi connectivity index (χ2n) is 6.02. The van der Waals surface area contributed by atoms with Crippen molar-refractivity contribution in [2.24, 2.45) is 0 Å². The normalized spacial score (nSPS) is 10.6. The van der Waals surface area contributed by atoms with Crippen LogP contribution in [0.1, 0.15) is 21.6 Å². The van der Waals surface area contributed by atoms with Crippen molar-refractivity contribution in [1.82, 2.24) is 9.78 Å². The topological polar surface area (TPSA) is 96.5 Å². The van der Waals surface area contributed by atoms with Gasteiger partial charge in [-0.25, -0.2) is 13.9 Å². The van der Waals surface area contributed by atoms with E-state index in [0.29, 0.717) is 5.69 Å². The van der Waals surface area contributed by atoms with Crippen molar-refractivity contribution in [1.29, 1.82) is 0 Å². The molecule has 0 saturated heterocycles. The molecular weight excluding hydrogens is 405 g/mol. The fourth-order valence-corrected chi connectivity index (χ4v) is 2.97. The first-order valence-corrected chi connectivity index (χ1v) is 8.70. The van der Waals surface area contributed by atoms with E-state index in [-0.39, 0.29) is 34.6 Å². The molecule has 0 saturated carbocycles. The molecule has 0 aliphatic carbocycles. The number of nitro groups is 1. The summed E-state index contributed by atoms with van der Waals surface area (Å²) < 4.78 is 24.6. The van der Waals surface area contributed by atoms with Crippen LogP contribution in [0.3, 0.4) is 0 Å². The Bertz CT molecular complexity index is 1080. The SMILES string of the molecule is COc1ccc(OC(=O)c2c(C)nn(Cc3ccc(F)cc3)c2Cl)c([N+](=O)[O-])c1. The molecule has 2 aromatic carbocycles. The maximum atomic E-state index is 13.1. The number of carbonyl (C=O) groups excluding carboxylic acids is 1. The molecule has 3 aromatic rings. The third-order valence-corrected chi connectivity index (χ3v) is 4.46. The van der Waals surface area contributed by atoms with Crippen molar-refractivity contribution in [2.45, 2.75) is 13.5 Å². The van der Waals surface area contributed by atoms with Crippen LogP contribution in [0, 0.1) is 22.9 Å². The zero-order chi connectivity index (χ0) is 21.1. The van der Waals surface area contributed by atoms with Crippen LogP contribution < -0.4 is 9.47 Å². The minimum absolute atomic E-state index is 0.00740. The molecule has 0 unspecified atom stereocenters. The summed E-state index contributed by atoms with van der Waals surface area (Å²) in [5, 5.41) is 15.5. The number of nitro benzene ring substituents is 1. The maximum absolute atomic E-state index is 13.1. The predicted molar refractivity (Wildman–Crippen MR) is 102 cm³/mol. The number of rotatable bonds is 6. The molecule has 29 heavy (non-hydrogen) atoms. The van der Waals surface area contributed by atoms with E-state index in [4.69, 9.17) is 21.1 Å². The number of esters is 1. The van der Waals surface area contributed by atoms with Gasteiger partial charge in [0.2, 0.25) is 5.75 Å². The van der Waals surface area contributed by atoms with Crippen LogP contribution in [0.25, 0.3) is 0 Å². The smallest absolute Gasteiger partial charge is 0.348 e. The second kappa shape index (κ2) is 8.27. The average molecular weight is 420 g/mol. The number of nitrogens with zero attached hydrogens (tertiary/aromatic N) is 3. The molecule has 0 aliphatic rings. The fourth-order valence-electron chi connectivity index (χ4n) is 2.66. The number of benzene rings is 2. The van der Waals surface area contributed by atoms with Gasteiger partial charge in [0.05, 0.1) is 30.3 Å². The Morgan fingerprint density at radius 2 is 1.97 bits per heavy atom. The number of ether oxygens (including phenoxy) is 2. The summed E-state index contributed by atoms with van der Waals surface area (Å²) in [5.74, 6) is -1.26. The summed E-state index contributed by atoms with van der Waals surface area (Å²) in [5.41, 5.74) is 0.573. The second-order valence-corrected chi connectivity index (χ2v) is 6.37. The van der Waals surface area contributed by atoms with Crippen molar-refractivity contribution in [2.75, 3.05) is 7.11 Å². The van der Waals surface area contributed by atoms with Crippen LogP contribution in [0.4, 0.5) is 10.1 Å². The number of halogens is 2. The monoisotopic (exact) mass is 419 g/mol. The Labute approximate surface area is 169 Å². The van der Waals surface area contributed by atoms with Crippen LogP contribution in [0.2, 0.25) is 5.15 Å². The van der Waals surface area contributed by atoms with E-state index in [0.717, 1.165) is 11.6 Å². The number of hydrogen-bond acceptors (Lipinski definition) is 6. The summed E-state index contributed by atoms with van der Waals surface area (Å²) in [6.45, 7) is 1.77. The maximum Gasteiger partial charge on any atom is 0.348 e. The molecule has 0 bridgehead atoms. The lowest BCUT2D eigenvalue weighted by atomic mass is 10.2. The summed E-state index contributed by atoms with van der Waals surface area (Å²) in [7, 11) is 1.36. The van der Waals surface area contributed by atoms with Gasteiger partial charge in [-0.2, -0.15) is 5.10 Å². The number of aromatic nitrogens is 2. The van der Waals surface area contributed by atoms with Gasteiger partial charge in [0.25, 0.3) is 0 Å². The standard InChI is InChI=1S/C19H15ClFN3O5/c1-11-17(18(20)23(22-11)10-12-3-5-13(21)6-4-12)19(25)29-16-8-7-14(28-2)9-15(16)24(26)27/h3-9H,10H2,1-2H3. The highest BCUT2D eigenvalue weighted by Crippen LogP contribution is 2.32. The average Bonchev–Trinajstić information content (AvgIpc) is 2.96. The van der Waals surface area contributed by atoms with Gasteiger partial charge >= 0.3 is 11.7 Å². The first-order chi connectivity index (χ1) is 13.8. The van der Waals surface area contributed by atoms with Gasteiger partial charge in [0, 0.05) is 0 Å². The van der Waals surface area contributed by atoms with Crippen LogP contribution in [-0.2, 0) is 6.54 Å². The quantitative estimate of drug-likeness (QED) is 0.257. The molecule has 0 N–H and O–H groups in total. The van der Waals surface area contributed by atoms with Crippen molar-refractivity contribution in [3.8, 4) is 11.5 Å². The number of methoxy groups -OCH3 is 1. The van der Waals surface area contributed by atoms with Crippen LogP contribution >= 0.6 is 11.6 Å². The summed E-state index contributed by atoms with van der Waals surface area (Å²) in [6, 6.07) is 9.59. The molecule has 1 aromatic heterocycles. The van der Waals surface area contributed by atoms with Crippen molar-refractivity contribution in [3.05, 3.63) is 80.4 Å². The Kier molecular flexibility index (Phi) is 5.79. The molecule has 3 rings (SSSR count). The highest BCUT2D eigenvalue weighted by Gasteiger charge is 2.26. The van der Waals surface area contributed by atoms with Crippen molar-refractivity contribution < 1.29 is 23.6 Å². The van der Waals surface area contributed by atoms with Gasteiger partial charge in [-0.3, -0.25) is 10.1 Å². The largest absolute Gasteiger partial charge is 0.496 e. The van der Waals surface area contributed by atoms with Crippen LogP contribution in [0.15, 0.2) is 42.5 Å². The molecule has 0 amide bonds. The number of hydrogen-bond donors (Lipinski definition) is 0. The Morgan fingerprint density at radius 1 is 1.28 bits per heavy atom. The van der Waals surface area contributed by atoms with E-state index < -0.39 is 16.6 Å². The lowest BCUT2D eigenvalue weighted by molar-refractivity contribution is -0.385. The van der Waals surface area contributed by atoms with Gasteiger partial charge < -0.3 is 9.47 Å². The summed E-state index contributed by atoms with van der Waals surface area (Å²) >= 11 is 6.29. The van der Waals surface area contributed by atoms with E-state index >= 15 is 0 Å². The Morgan fingerprint density at radius 3 is 2.59 bits per heavy atom. The molecule has 0 atom stereocenters. The van der Waals surface area contributed by atoms with Gasteiger partial charge in [0.15, 0.2) is 0 Å². The fraction of sp³-hybridized carbons (Fsp3) is 0.158. The lowest BCUT2D eigenvalue weighted by Crippen LogP contribution is -2.11. The zero-order valence-corrected chi connectivity index (χ0v) is 16.1. The molecule has 0 fully saturated rings. The van der Waals surface area contributed by atoms with Crippen LogP contribution in [-0.4, -0.2) is 27.8 Å². The molecular formula is C19H15ClFN3O5. The van der Waals surface area contributed by atoms with Crippen LogP contribution in [0.5, 0.6) is 11.5 Å². The first-order valence-electron chi connectivity index (χ1n) is 8.32. The predicted octanol–water partition coefficient (Wildman–Crippen LogP) is 4.17. The zero-order valence-electron chi connectivity index (χ0n) is 15.4. The minimum atomic E-state index is -0.883. The molecule has 8 nitrogen and oxygen atoms in total. The first kappa shape index (κ1) is 20.3. The van der Waals surface area contributed by atoms with E-state index in [1.165, 1.54) is 36.1 Å². The minimum Gasteiger partial charge on any atom is -0.496 e. The summed E-state index contributed by atoms with van der Waals surface area (Å²) in [4.78, 5) is 23.2. The Hall–Kier alpha value is -3.46. The van der Waals surface area contributed by atoms with Gasteiger partial charge in [-0.15, -0.1) is 0 Å². The number of carbonyl (C=O) groups is 1. The highest BCUT2D eigenvalue weighted by atomic mass is 35.5. The third-order valence-electron chi connectivity index (χ3n) is 4.08. The molecule has 0 spiro atoms. The number of aryl methyl sites for hydroxylation is 1. The molecule has 1 heterocycles. The van der Waals surface area contributed by atoms with E-state index in [1.807, 2.05) is 0 Å². The third kappa shape index (κ3) is 4.35. The van der Waals surface area contributed by atoms with Crippen molar-refractivity contribution in [3.63, 3.8) is 0 Å². The van der Waals surface area contributed by atoms with E-state index in [9.17, 15) is 19.3 Å². The van der Waals surface area contributed by atoms with Gasteiger partial charge in [0.1, 0.15) is 22.3 Å². The van der Waals surface area contributed by atoms with Gasteiger partial charge in [-0.05, 0) is 36.8 Å². The lowest BCUT2D eigenvalue weighted by Gasteiger charge is -2.07. The summed E-state index contributed by atoms with van der Waals surface area (Å²) in [6.07, 6.45) is 0. The highest BCUT2D eigenvalue weighted by molar-refractivity contribution is 6.32.